The number of rotatable bonds is 6. The lowest BCUT2D eigenvalue weighted by molar-refractivity contribution is -0.141. The topological polar surface area (TPSA) is 95.9 Å². The Morgan fingerprint density at radius 2 is 2.08 bits per heavy atom. The first kappa shape index (κ1) is 17.3. The van der Waals surface area contributed by atoms with Gasteiger partial charge >= 0.3 is 5.97 Å². The van der Waals surface area contributed by atoms with E-state index in [0.29, 0.717) is 24.3 Å². The molecule has 0 radical (unpaired) electrons. The van der Waals surface area contributed by atoms with Gasteiger partial charge in [-0.3, -0.25) is 14.4 Å². The maximum absolute atomic E-state index is 12.6. The van der Waals surface area contributed by atoms with Crippen LogP contribution in [0.1, 0.15) is 32.1 Å². The van der Waals surface area contributed by atoms with Gasteiger partial charge in [0.05, 0.1) is 30.7 Å². The second-order valence-electron chi connectivity index (χ2n) is 6.77. The van der Waals surface area contributed by atoms with E-state index in [0.717, 1.165) is 6.42 Å². The monoisotopic (exact) mass is 346 g/mol. The maximum atomic E-state index is 12.6. The summed E-state index contributed by atoms with van der Waals surface area (Å²) in [5.41, 5.74) is -0.00159. The van der Waals surface area contributed by atoms with E-state index in [4.69, 9.17) is 9.84 Å². The van der Waals surface area contributed by atoms with Gasteiger partial charge in [-0.25, -0.2) is 0 Å². The number of hydrogen-bond donors (Lipinski definition) is 2. The predicted molar refractivity (Wildman–Crippen MR) is 90.4 cm³/mol. The largest absolute Gasteiger partial charge is 0.495 e. The number of carbonyl (C=O) groups is 3. The molecule has 0 spiro atoms. The summed E-state index contributed by atoms with van der Waals surface area (Å²) in [6.07, 6.45) is 2.29. The van der Waals surface area contributed by atoms with Gasteiger partial charge in [0.15, 0.2) is 0 Å². The number of carboxylic acid groups (broad SMARTS) is 1. The van der Waals surface area contributed by atoms with Crippen molar-refractivity contribution in [3.05, 3.63) is 24.3 Å². The Morgan fingerprint density at radius 3 is 2.68 bits per heavy atom. The van der Waals surface area contributed by atoms with Crippen LogP contribution in [0.4, 0.5) is 5.69 Å². The molecule has 1 aromatic carbocycles. The minimum absolute atomic E-state index is 0.0738. The summed E-state index contributed by atoms with van der Waals surface area (Å²) < 4.78 is 5.29. The van der Waals surface area contributed by atoms with Gasteiger partial charge in [-0.1, -0.05) is 12.1 Å². The van der Waals surface area contributed by atoms with E-state index in [9.17, 15) is 14.4 Å². The van der Waals surface area contributed by atoms with Gasteiger partial charge in [0.25, 0.3) is 0 Å². The van der Waals surface area contributed by atoms with Gasteiger partial charge in [-0.05, 0) is 31.4 Å². The van der Waals surface area contributed by atoms with Crippen LogP contribution in [0.25, 0.3) is 0 Å². The van der Waals surface area contributed by atoms with Crippen molar-refractivity contribution in [2.75, 3.05) is 18.6 Å². The molecule has 7 heteroatoms. The second kappa shape index (κ2) is 6.74. The first-order valence-corrected chi connectivity index (χ1v) is 8.41. The Hall–Kier alpha value is -2.57. The molecule has 2 fully saturated rings. The summed E-state index contributed by atoms with van der Waals surface area (Å²) in [7, 11) is 1.54. The van der Waals surface area contributed by atoms with Crippen LogP contribution in [0.3, 0.4) is 0 Å². The average Bonchev–Trinajstić information content (AvgIpc) is 2.94. The van der Waals surface area contributed by atoms with Crippen LogP contribution in [0.2, 0.25) is 0 Å². The summed E-state index contributed by atoms with van der Waals surface area (Å²) in [5.74, 6) is -1.20. The van der Waals surface area contributed by atoms with Crippen LogP contribution in [-0.4, -0.2) is 42.1 Å². The van der Waals surface area contributed by atoms with Crippen molar-refractivity contribution in [1.82, 2.24) is 5.32 Å². The number of anilines is 1. The number of nitrogens with one attached hydrogen (secondary N) is 1. The molecule has 1 saturated heterocycles. The van der Waals surface area contributed by atoms with Gasteiger partial charge in [0, 0.05) is 13.0 Å². The third-order valence-electron chi connectivity index (χ3n) is 5.06. The number of para-hydroxylation sites is 2. The minimum Gasteiger partial charge on any atom is -0.495 e. The van der Waals surface area contributed by atoms with E-state index < -0.39 is 17.4 Å². The minimum atomic E-state index is -0.918. The van der Waals surface area contributed by atoms with Crippen molar-refractivity contribution in [3.8, 4) is 5.75 Å². The molecule has 2 aliphatic rings. The molecule has 1 heterocycles. The maximum Gasteiger partial charge on any atom is 0.305 e. The molecule has 25 heavy (non-hydrogen) atoms. The number of ether oxygens (including phenoxy) is 1. The lowest BCUT2D eigenvalue weighted by Gasteiger charge is -2.42. The summed E-state index contributed by atoms with van der Waals surface area (Å²) >= 11 is 0. The molecular formula is C18H22N2O5. The Balaban J connectivity index is 1.70. The standard InChI is InChI=1S/C18H22N2O5/c1-25-14-6-3-2-5-13(14)20-11-12(9-15(20)21)17(24)19-18(7-4-8-18)10-16(22)23/h2-3,5-6,12H,4,7-11H2,1H3,(H,19,24)(H,22,23). The summed E-state index contributed by atoms with van der Waals surface area (Å²) in [4.78, 5) is 37.6. The molecule has 1 atom stereocenters. The molecule has 2 amide bonds. The molecule has 1 aliphatic heterocycles. The van der Waals surface area contributed by atoms with Crippen molar-refractivity contribution >= 4 is 23.5 Å². The number of nitrogens with zero attached hydrogens (tertiary/aromatic N) is 1. The number of carbonyl (C=O) groups excluding carboxylic acids is 2. The summed E-state index contributed by atoms with van der Waals surface area (Å²) in [5, 5.41) is 11.9. The van der Waals surface area contributed by atoms with Crippen LogP contribution < -0.4 is 15.0 Å². The van der Waals surface area contributed by atoms with Crippen molar-refractivity contribution in [1.29, 1.82) is 0 Å². The Labute approximate surface area is 146 Å². The number of aliphatic carboxylic acids is 1. The molecule has 0 bridgehead atoms. The van der Waals surface area contributed by atoms with Gasteiger partial charge in [-0.15, -0.1) is 0 Å². The van der Waals surface area contributed by atoms with Crippen LogP contribution in [0, 0.1) is 5.92 Å². The number of methoxy groups -OCH3 is 1. The highest BCUT2D eigenvalue weighted by Crippen LogP contribution is 2.37. The van der Waals surface area contributed by atoms with Crippen molar-refractivity contribution in [2.24, 2.45) is 5.92 Å². The van der Waals surface area contributed by atoms with Gasteiger partial charge in [0.2, 0.25) is 11.8 Å². The number of hydrogen-bond acceptors (Lipinski definition) is 4. The Bertz CT molecular complexity index is 698. The van der Waals surface area contributed by atoms with Gasteiger partial charge < -0.3 is 20.1 Å². The van der Waals surface area contributed by atoms with Crippen LogP contribution in [0.15, 0.2) is 24.3 Å². The molecule has 7 nitrogen and oxygen atoms in total. The highest BCUT2D eigenvalue weighted by Gasteiger charge is 2.43. The molecule has 1 saturated carbocycles. The first-order chi connectivity index (χ1) is 11.9. The fourth-order valence-corrected chi connectivity index (χ4v) is 3.57. The molecule has 134 valence electrons. The Morgan fingerprint density at radius 1 is 1.36 bits per heavy atom. The zero-order valence-corrected chi connectivity index (χ0v) is 14.2. The lowest BCUT2D eigenvalue weighted by atomic mass is 9.74. The third-order valence-corrected chi connectivity index (χ3v) is 5.06. The Kier molecular flexibility index (Phi) is 4.65. The summed E-state index contributed by atoms with van der Waals surface area (Å²) in [6, 6.07) is 7.19. The number of benzene rings is 1. The van der Waals surface area contributed by atoms with E-state index in [1.165, 1.54) is 7.11 Å². The molecule has 2 N–H and O–H groups in total. The summed E-state index contributed by atoms with van der Waals surface area (Å²) in [6.45, 7) is 0.272. The quantitative estimate of drug-likeness (QED) is 0.815. The van der Waals surface area contributed by atoms with E-state index >= 15 is 0 Å². The average molecular weight is 346 g/mol. The third kappa shape index (κ3) is 3.45. The molecule has 3 rings (SSSR count). The van der Waals surface area contributed by atoms with Gasteiger partial charge in [0.1, 0.15) is 5.75 Å². The van der Waals surface area contributed by atoms with E-state index in [2.05, 4.69) is 5.32 Å². The van der Waals surface area contributed by atoms with Gasteiger partial charge in [-0.2, -0.15) is 0 Å². The highest BCUT2D eigenvalue weighted by atomic mass is 16.5. The molecule has 0 aromatic heterocycles. The lowest BCUT2D eigenvalue weighted by Crippen LogP contribution is -2.56. The molecule has 1 aliphatic carbocycles. The van der Waals surface area contributed by atoms with Crippen molar-refractivity contribution in [2.45, 2.75) is 37.6 Å². The van der Waals surface area contributed by atoms with Crippen LogP contribution in [0.5, 0.6) is 5.75 Å². The van der Waals surface area contributed by atoms with Crippen LogP contribution >= 0.6 is 0 Å². The molecule has 1 unspecified atom stereocenters. The number of carboxylic acids is 1. The SMILES string of the molecule is COc1ccccc1N1CC(C(=O)NC2(CC(=O)O)CCC2)CC1=O. The normalized spacial score (nSPS) is 21.6. The number of amides is 2. The van der Waals surface area contributed by atoms with E-state index in [-0.39, 0.29) is 31.2 Å². The van der Waals surface area contributed by atoms with E-state index in [1.807, 2.05) is 12.1 Å². The zero-order valence-electron chi connectivity index (χ0n) is 14.2. The van der Waals surface area contributed by atoms with Crippen molar-refractivity contribution in [3.63, 3.8) is 0 Å². The highest BCUT2D eigenvalue weighted by molar-refractivity contribution is 6.01. The smallest absolute Gasteiger partial charge is 0.305 e. The van der Waals surface area contributed by atoms with Crippen LogP contribution in [-0.2, 0) is 14.4 Å². The second-order valence-corrected chi connectivity index (χ2v) is 6.77. The molecule has 1 aromatic rings. The zero-order chi connectivity index (χ0) is 18.0. The predicted octanol–water partition coefficient (Wildman–Crippen LogP) is 1.56. The first-order valence-electron chi connectivity index (χ1n) is 8.41. The van der Waals surface area contributed by atoms with E-state index in [1.54, 1.807) is 17.0 Å². The van der Waals surface area contributed by atoms with Crippen molar-refractivity contribution < 1.29 is 24.2 Å². The fourth-order valence-electron chi connectivity index (χ4n) is 3.57. The fraction of sp³-hybridized carbons (Fsp3) is 0.500. The molecular weight excluding hydrogens is 324 g/mol.